The monoisotopic (exact) mass is 1010 g/mol. The maximum Gasteiger partial charge on any atom is 0.306 e. The summed E-state index contributed by atoms with van der Waals surface area (Å²) in [4.78, 5) is 38.2. The van der Waals surface area contributed by atoms with Crippen molar-refractivity contribution in [2.45, 2.75) is 297 Å². The highest BCUT2D eigenvalue weighted by molar-refractivity contribution is 5.71. The number of unbranched alkanes of at least 4 members (excludes halogenated alkanes) is 28. The highest BCUT2D eigenvalue weighted by atomic mass is 16.6. The van der Waals surface area contributed by atoms with E-state index < -0.39 is 6.10 Å². The third kappa shape index (κ3) is 59.1. The molecule has 1 unspecified atom stereocenters. The lowest BCUT2D eigenvalue weighted by molar-refractivity contribution is -0.167. The minimum absolute atomic E-state index is 0.0848. The van der Waals surface area contributed by atoms with Gasteiger partial charge in [-0.15, -0.1) is 0 Å². The van der Waals surface area contributed by atoms with Crippen LogP contribution in [0.1, 0.15) is 290 Å². The van der Waals surface area contributed by atoms with Crippen molar-refractivity contribution >= 4 is 17.9 Å². The minimum Gasteiger partial charge on any atom is -0.462 e. The summed E-state index contributed by atoms with van der Waals surface area (Å²) in [6, 6.07) is 0. The van der Waals surface area contributed by atoms with Gasteiger partial charge in [0.25, 0.3) is 0 Å². The highest BCUT2D eigenvalue weighted by Gasteiger charge is 2.19. The molecule has 0 aliphatic carbocycles. The zero-order chi connectivity index (χ0) is 52.9. The lowest BCUT2D eigenvalue weighted by atomic mass is 10.0. The summed E-state index contributed by atoms with van der Waals surface area (Å²) in [6.07, 6.45) is 81.3. The molecule has 0 aliphatic heterocycles. The van der Waals surface area contributed by atoms with Crippen LogP contribution in [0.15, 0.2) is 97.2 Å². The molecule has 0 rings (SSSR count). The normalized spacial score (nSPS) is 12.8. The average molecular weight is 1020 g/mol. The van der Waals surface area contributed by atoms with Gasteiger partial charge in [0.1, 0.15) is 13.2 Å². The molecule has 6 heteroatoms. The average Bonchev–Trinajstić information content (AvgIpc) is 3.39. The Bertz CT molecular complexity index is 1440. The van der Waals surface area contributed by atoms with Crippen LogP contribution in [0, 0.1) is 0 Å². The summed E-state index contributed by atoms with van der Waals surface area (Å²) >= 11 is 0. The first-order valence-electron chi connectivity index (χ1n) is 30.7. The van der Waals surface area contributed by atoms with E-state index in [0.29, 0.717) is 19.3 Å². The van der Waals surface area contributed by atoms with Gasteiger partial charge >= 0.3 is 17.9 Å². The topological polar surface area (TPSA) is 78.9 Å². The van der Waals surface area contributed by atoms with Gasteiger partial charge in [-0.1, -0.05) is 272 Å². The molecule has 0 N–H and O–H groups in total. The summed E-state index contributed by atoms with van der Waals surface area (Å²) in [7, 11) is 0. The summed E-state index contributed by atoms with van der Waals surface area (Å²) in [5, 5.41) is 0. The van der Waals surface area contributed by atoms with Crippen molar-refractivity contribution in [1.29, 1.82) is 0 Å². The van der Waals surface area contributed by atoms with E-state index in [1.54, 1.807) is 0 Å². The maximum atomic E-state index is 12.9. The molecule has 0 aromatic rings. The molecule has 0 saturated heterocycles. The number of hydrogen-bond donors (Lipinski definition) is 0. The van der Waals surface area contributed by atoms with Gasteiger partial charge in [-0.3, -0.25) is 14.4 Å². The van der Waals surface area contributed by atoms with Crippen LogP contribution in [-0.4, -0.2) is 37.2 Å². The van der Waals surface area contributed by atoms with Gasteiger partial charge in [0, 0.05) is 19.3 Å². The lowest BCUT2D eigenvalue weighted by Crippen LogP contribution is -2.30. The number of ether oxygens (including phenoxy) is 3. The van der Waals surface area contributed by atoms with Crippen LogP contribution in [0.25, 0.3) is 0 Å². The Hall–Kier alpha value is -3.67. The number of hydrogen-bond acceptors (Lipinski definition) is 6. The summed E-state index contributed by atoms with van der Waals surface area (Å²) in [5.74, 6) is -0.902. The molecule has 418 valence electrons. The summed E-state index contributed by atoms with van der Waals surface area (Å²) < 4.78 is 16.9. The van der Waals surface area contributed by atoms with Crippen LogP contribution in [0.3, 0.4) is 0 Å². The molecule has 0 bridgehead atoms. The maximum absolute atomic E-state index is 12.9. The van der Waals surface area contributed by atoms with Gasteiger partial charge < -0.3 is 14.2 Å². The SMILES string of the molecule is CC/C=C\C/C=C\C/C=C\C/C=C\CCCCCCCCCCCCCCCCC(=O)OCC(COC(=O)CCCCCCCCCCCCC)OC(=O)CCCCCC/C=C\C/C=C\C/C=C\C/C=C\CC. The van der Waals surface area contributed by atoms with E-state index in [2.05, 4.69) is 118 Å². The van der Waals surface area contributed by atoms with E-state index in [4.69, 9.17) is 14.2 Å². The number of carbonyl (C=O) groups is 3. The van der Waals surface area contributed by atoms with Crippen LogP contribution >= 0.6 is 0 Å². The fourth-order valence-corrected chi connectivity index (χ4v) is 8.54. The predicted molar refractivity (Wildman–Crippen MR) is 316 cm³/mol. The molecule has 0 aromatic heterocycles. The Morgan fingerprint density at radius 3 is 0.836 bits per heavy atom. The van der Waals surface area contributed by atoms with Crippen LogP contribution in [0.2, 0.25) is 0 Å². The van der Waals surface area contributed by atoms with Gasteiger partial charge in [-0.05, 0) is 96.3 Å². The molecule has 6 nitrogen and oxygen atoms in total. The molecule has 0 aliphatic rings. The molecule has 0 amide bonds. The summed E-state index contributed by atoms with van der Waals surface area (Å²) in [5.41, 5.74) is 0. The molecule has 0 aromatic carbocycles. The molecular weight excluding hydrogens is 901 g/mol. The highest BCUT2D eigenvalue weighted by Crippen LogP contribution is 2.16. The third-order valence-electron chi connectivity index (χ3n) is 13.1. The van der Waals surface area contributed by atoms with Crippen molar-refractivity contribution in [3.63, 3.8) is 0 Å². The standard InChI is InChI=1S/C67H114O6/c1-4-7-10-13-16-19-22-24-26-28-29-30-31-32-33-34-35-36-37-39-40-42-45-48-51-54-57-60-66(69)72-63-64(62-71-65(68)59-56-53-50-47-44-21-18-15-12-9-6-3)73-67(70)61-58-55-52-49-46-43-41-38-27-25-23-20-17-14-11-8-5-2/h7-8,10-11,16-17,19-20,24-27,29-30,41,43,64H,4-6,9,12-15,18,21-23,28,31-40,42,44-63H2,1-3H3/b10-7-,11-8-,19-16-,20-17-,26-24-,27-25-,30-29-,43-41-. The molecule has 1 atom stereocenters. The van der Waals surface area contributed by atoms with E-state index >= 15 is 0 Å². The fraction of sp³-hybridized carbons (Fsp3) is 0.716. The quantitative estimate of drug-likeness (QED) is 0.0261. The zero-order valence-electron chi connectivity index (χ0n) is 47.9. The van der Waals surface area contributed by atoms with Crippen molar-refractivity contribution in [1.82, 2.24) is 0 Å². The Morgan fingerprint density at radius 1 is 0.288 bits per heavy atom. The Labute approximate surface area is 451 Å². The number of esters is 3. The van der Waals surface area contributed by atoms with Crippen LogP contribution in [-0.2, 0) is 28.6 Å². The first-order valence-corrected chi connectivity index (χ1v) is 30.7. The van der Waals surface area contributed by atoms with Gasteiger partial charge in [-0.2, -0.15) is 0 Å². The van der Waals surface area contributed by atoms with Gasteiger partial charge in [-0.25, -0.2) is 0 Å². The Morgan fingerprint density at radius 2 is 0.534 bits per heavy atom. The van der Waals surface area contributed by atoms with E-state index in [1.807, 2.05) is 0 Å². The van der Waals surface area contributed by atoms with Crippen molar-refractivity contribution in [2.75, 3.05) is 13.2 Å². The van der Waals surface area contributed by atoms with E-state index in [1.165, 1.54) is 128 Å². The van der Waals surface area contributed by atoms with E-state index in [-0.39, 0.29) is 31.1 Å². The molecule has 0 heterocycles. The van der Waals surface area contributed by atoms with E-state index in [9.17, 15) is 14.4 Å². The first-order chi connectivity index (χ1) is 36.0. The third-order valence-corrected chi connectivity index (χ3v) is 13.1. The van der Waals surface area contributed by atoms with Gasteiger partial charge in [0.15, 0.2) is 6.10 Å². The zero-order valence-corrected chi connectivity index (χ0v) is 47.9. The lowest BCUT2D eigenvalue weighted by Gasteiger charge is -2.18. The Kier molecular flexibility index (Phi) is 57.8. The minimum atomic E-state index is -0.789. The van der Waals surface area contributed by atoms with Crippen LogP contribution in [0.4, 0.5) is 0 Å². The molecule has 73 heavy (non-hydrogen) atoms. The molecule has 0 fully saturated rings. The second-order valence-electron chi connectivity index (χ2n) is 20.2. The molecular formula is C67H114O6. The smallest absolute Gasteiger partial charge is 0.306 e. The van der Waals surface area contributed by atoms with Gasteiger partial charge in [0.05, 0.1) is 0 Å². The number of carbonyl (C=O) groups excluding carboxylic acids is 3. The molecule has 0 spiro atoms. The van der Waals surface area contributed by atoms with Crippen molar-refractivity contribution in [3.05, 3.63) is 97.2 Å². The second-order valence-corrected chi connectivity index (χ2v) is 20.2. The van der Waals surface area contributed by atoms with Crippen molar-refractivity contribution in [3.8, 4) is 0 Å². The van der Waals surface area contributed by atoms with E-state index in [0.717, 1.165) is 122 Å². The molecule has 0 radical (unpaired) electrons. The fourth-order valence-electron chi connectivity index (χ4n) is 8.54. The summed E-state index contributed by atoms with van der Waals surface area (Å²) in [6.45, 7) is 6.41. The number of rotatable bonds is 55. The van der Waals surface area contributed by atoms with Crippen LogP contribution < -0.4 is 0 Å². The van der Waals surface area contributed by atoms with Crippen LogP contribution in [0.5, 0.6) is 0 Å². The predicted octanol–water partition coefficient (Wildman–Crippen LogP) is 20.9. The Balaban J connectivity index is 4.26. The second kappa shape index (κ2) is 60.9. The largest absolute Gasteiger partial charge is 0.462 e. The number of allylic oxidation sites excluding steroid dienone is 16. The molecule has 0 saturated carbocycles. The van der Waals surface area contributed by atoms with Crippen molar-refractivity contribution in [2.24, 2.45) is 0 Å². The van der Waals surface area contributed by atoms with Crippen molar-refractivity contribution < 1.29 is 28.6 Å². The first kappa shape index (κ1) is 69.3. The van der Waals surface area contributed by atoms with Gasteiger partial charge in [0.2, 0.25) is 0 Å².